The van der Waals surface area contributed by atoms with Gasteiger partial charge in [0.2, 0.25) is 0 Å². The third-order valence-corrected chi connectivity index (χ3v) is 2.64. The standard InChI is InChI=1S/C13H18FNO2/c1-9(16)7-8-15(3)12-6-4-5-11(14)13(12)10(2)17/h4-6,9,16H,7-8H2,1-3H3/t9-/m0/s1. The van der Waals surface area contributed by atoms with Crippen LogP contribution in [0.2, 0.25) is 0 Å². The van der Waals surface area contributed by atoms with Crippen LogP contribution in [0.5, 0.6) is 0 Å². The Morgan fingerprint density at radius 1 is 1.53 bits per heavy atom. The summed E-state index contributed by atoms with van der Waals surface area (Å²) in [6.07, 6.45) is 0.163. The Morgan fingerprint density at radius 3 is 2.71 bits per heavy atom. The zero-order valence-corrected chi connectivity index (χ0v) is 10.4. The molecular formula is C13H18FNO2. The third-order valence-electron chi connectivity index (χ3n) is 2.64. The Morgan fingerprint density at radius 2 is 2.18 bits per heavy atom. The summed E-state index contributed by atoms with van der Waals surface area (Å²) in [7, 11) is 1.78. The van der Waals surface area contributed by atoms with E-state index in [1.54, 1.807) is 31.0 Å². The molecule has 0 aliphatic rings. The van der Waals surface area contributed by atoms with Crippen molar-refractivity contribution in [3.05, 3.63) is 29.6 Å². The minimum Gasteiger partial charge on any atom is -0.393 e. The maximum atomic E-state index is 13.6. The van der Waals surface area contributed by atoms with Crippen LogP contribution in [-0.2, 0) is 0 Å². The van der Waals surface area contributed by atoms with E-state index >= 15 is 0 Å². The fourth-order valence-electron chi connectivity index (χ4n) is 1.68. The topological polar surface area (TPSA) is 40.5 Å². The highest BCUT2D eigenvalue weighted by atomic mass is 19.1. The minimum absolute atomic E-state index is 0.112. The summed E-state index contributed by atoms with van der Waals surface area (Å²) >= 11 is 0. The van der Waals surface area contributed by atoms with Crippen LogP contribution in [0.25, 0.3) is 0 Å². The fraction of sp³-hybridized carbons (Fsp3) is 0.462. The molecule has 0 bridgehead atoms. The first-order valence-corrected chi connectivity index (χ1v) is 5.62. The first-order chi connectivity index (χ1) is 7.93. The molecule has 1 N–H and O–H groups in total. The van der Waals surface area contributed by atoms with Gasteiger partial charge in [0, 0.05) is 13.6 Å². The number of aliphatic hydroxyl groups excluding tert-OH is 1. The van der Waals surface area contributed by atoms with Crippen molar-refractivity contribution in [3.63, 3.8) is 0 Å². The zero-order valence-electron chi connectivity index (χ0n) is 10.4. The molecule has 1 aromatic rings. The van der Waals surface area contributed by atoms with Crippen molar-refractivity contribution in [2.75, 3.05) is 18.5 Å². The van der Waals surface area contributed by atoms with Crippen molar-refractivity contribution in [1.29, 1.82) is 0 Å². The maximum Gasteiger partial charge on any atom is 0.164 e. The van der Waals surface area contributed by atoms with Gasteiger partial charge in [-0.3, -0.25) is 4.79 Å². The van der Waals surface area contributed by atoms with Crippen LogP contribution < -0.4 is 4.90 Å². The largest absolute Gasteiger partial charge is 0.393 e. The summed E-state index contributed by atoms with van der Waals surface area (Å²) in [5, 5.41) is 9.21. The monoisotopic (exact) mass is 239 g/mol. The molecule has 17 heavy (non-hydrogen) atoms. The van der Waals surface area contributed by atoms with Gasteiger partial charge in [0.05, 0.1) is 17.4 Å². The fourth-order valence-corrected chi connectivity index (χ4v) is 1.68. The van der Waals surface area contributed by atoms with Gasteiger partial charge in [0.1, 0.15) is 5.82 Å². The van der Waals surface area contributed by atoms with Gasteiger partial charge in [-0.05, 0) is 32.4 Å². The summed E-state index contributed by atoms with van der Waals surface area (Å²) in [6, 6.07) is 4.57. The number of carbonyl (C=O) groups excluding carboxylic acids is 1. The molecule has 0 saturated carbocycles. The number of aliphatic hydroxyl groups is 1. The molecule has 94 valence electrons. The van der Waals surface area contributed by atoms with Crippen LogP contribution in [0.15, 0.2) is 18.2 Å². The summed E-state index contributed by atoms with van der Waals surface area (Å²) < 4.78 is 13.6. The van der Waals surface area contributed by atoms with E-state index in [0.717, 1.165) is 0 Å². The number of benzene rings is 1. The van der Waals surface area contributed by atoms with Crippen molar-refractivity contribution in [2.24, 2.45) is 0 Å². The smallest absolute Gasteiger partial charge is 0.164 e. The van der Waals surface area contributed by atoms with Crippen molar-refractivity contribution in [3.8, 4) is 0 Å². The Bertz CT molecular complexity index is 404. The molecule has 1 atom stereocenters. The van der Waals surface area contributed by atoms with E-state index in [0.29, 0.717) is 18.7 Å². The van der Waals surface area contributed by atoms with Crippen LogP contribution >= 0.6 is 0 Å². The number of Topliss-reactive ketones (excluding diaryl/α,β-unsaturated/α-hetero) is 1. The second-order valence-corrected chi connectivity index (χ2v) is 4.25. The summed E-state index contributed by atoms with van der Waals surface area (Å²) in [5.74, 6) is -0.791. The second kappa shape index (κ2) is 5.77. The lowest BCUT2D eigenvalue weighted by Gasteiger charge is -2.22. The van der Waals surface area contributed by atoms with Crippen LogP contribution in [-0.4, -0.2) is 30.6 Å². The van der Waals surface area contributed by atoms with Crippen molar-refractivity contribution in [2.45, 2.75) is 26.4 Å². The van der Waals surface area contributed by atoms with E-state index in [4.69, 9.17) is 0 Å². The van der Waals surface area contributed by atoms with E-state index in [-0.39, 0.29) is 11.3 Å². The molecule has 1 aromatic carbocycles. The van der Waals surface area contributed by atoms with Gasteiger partial charge in [0.15, 0.2) is 5.78 Å². The molecule has 3 nitrogen and oxygen atoms in total. The maximum absolute atomic E-state index is 13.6. The third kappa shape index (κ3) is 3.53. The van der Waals surface area contributed by atoms with E-state index < -0.39 is 11.9 Å². The Balaban J connectivity index is 2.96. The van der Waals surface area contributed by atoms with E-state index in [1.165, 1.54) is 13.0 Å². The van der Waals surface area contributed by atoms with Gasteiger partial charge in [-0.15, -0.1) is 0 Å². The SMILES string of the molecule is CC(=O)c1c(F)cccc1N(C)CC[C@H](C)O. The van der Waals surface area contributed by atoms with Gasteiger partial charge in [-0.2, -0.15) is 0 Å². The number of hydrogen-bond donors (Lipinski definition) is 1. The van der Waals surface area contributed by atoms with Crippen molar-refractivity contribution in [1.82, 2.24) is 0 Å². The van der Waals surface area contributed by atoms with Gasteiger partial charge in [-0.25, -0.2) is 4.39 Å². The van der Waals surface area contributed by atoms with E-state index in [1.807, 2.05) is 0 Å². The van der Waals surface area contributed by atoms with Crippen LogP contribution in [0.4, 0.5) is 10.1 Å². The van der Waals surface area contributed by atoms with E-state index in [2.05, 4.69) is 0 Å². The van der Waals surface area contributed by atoms with Gasteiger partial charge in [0.25, 0.3) is 0 Å². The number of ketones is 1. The number of rotatable bonds is 5. The number of hydrogen-bond acceptors (Lipinski definition) is 3. The van der Waals surface area contributed by atoms with Gasteiger partial charge in [-0.1, -0.05) is 6.07 Å². The second-order valence-electron chi connectivity index (χ2n) is 4.25. The molecule has 0 spiro atoms. The Kier molecular flexibility index (Phi) is 4.63. The molecule has 0 heterocycles. The van der Waals surface area contributed by atoms with Gasteiger partial charge >= 0.3 is 0 Å². The van der Waals surface area contributed by atoms with Crippen LogP contribution in [0.1, 0.15) is 30.6 Å². The average molecular weight is 239 g/mol. The number of halogens is 1. The minimum atomic E-state index is -0.501. The zero-order chi connectivity index (χ0) is 13.0. The molecule has 4 heteroatoms. The normalized spacial score (nSPS) is 12.3. The molecule has 0 unspecified atom stereocenters. The highest BCUT2D eigenvalue weighted by Crippen LogP contribution is 2.23. The summed E-state index contributed by atoms with van der Waals surface area (Å²) in [4.78, 5) is 13.2. The molecule has 0 saturated heterocycles. The summed E-state index contributed by atoms with van der Waals surface area (Å²) in [6.45, 7) is 3.62. The molecule has 1 rings (SSSR count). The lowest BCUT2D eigenvalue weighted by Crippen LogP contribution is -2.24. The lowest BCUT2D eigenvalue weighted by molar-refractivity contribution is 0.101. The molecule has 0 fully saturated rings. The van der Waals surface area contributed by atoms with Crippen molar-refractivity contribution < 1.29 is 14.3 Å². The average Bonchev–Trinajstić information content (AvgIpc) is 2.24. The first-order valence-electron chi connectivity index (χ1n) is 5.62. The predicted molar refractivity (Wildman–Crippen MR) is 66.0 cm³/mol. The van der Waals surface area contributed by atoms with Crippen LogP contribution in [0.3, 0.4) is 0 Å². The lowest BCUT2D eigenvalue weighted by atomic mass is 10.1. The highest BCUT2D eigenvalue weighted by molar-refractivity contribution is 5.99. The van der Waals surface area contributed by atoms with Crippen molar-refractivity contribution >= 4 is 11.5 Å². The van der Waals surface area contributed by atoms with Crippen LogP contribution in [0, 0.1) is 5.82 Å². The number of anilines is 1. The molecular weight excluding hydrogens is 221 g/mol. The molecule has 0 aromatic heterocycles. The van der Waals surface area contributed by atoms with E-state index in [9.17, 15) is 14.3 Å². The Labute approximate surface area is 101 Å². The van der Waals surface area contributed by atoms with Gasteiger partial charge < -0.3 is 10.0 Å². The quantitative estimate of drug-likeness (QED) is 0.801. The molecule has 0 amide bonds. The first kappa shape index (κ1) is 13.6. The molecule has 0 aliphatic carbocycles. The summed E-state index contributed by atoms with van der Waals surface area (Å²) in [5.41, 5.74) is 0.679. The molecule has 0 radical (unpaired) electrons. The predicted octanol–water partition coefficient (Wildman–Crippen LogP) is 2.24. The molecule has 0 aliphatic heterocycles. The Hall–Kier alpha value is -1.42. The number of nitrogens with zero attached hydrogens (tertiary/aromatic N) is 1. The number of carbonyl (C=O) groups is 1. The highest BCUT2D eigenvalue weighted by Gasteiger charge is 2.15.